The zero-order valence-corrected chi connectivity index (χ0v) is 5.57. The summed E-state index contributed by atoms with van der Waals surface area (Å²) in [5.41, 5.74) is 3.00. The first-order valence-electron chi connectivity index (χ1n) is 3.13. The van der Waals surface area contributed by atoms with E-state index in [1.165, 1.54) is 18.4 Å². The highest BCUT2D eigenvalue weighted by Gasteiger charge is 1.96. The van der Waals surface area contributed by atoms with E-state index in [2.05, 4.69) is 26.0 Å². The van der Waals surface area contributed by atoms with Gasteiger partial charge in [0.15, 0.2) is 0 Å². The predicted molar refractivity (Wildman–Crippen MR) is 36.7 cm³/mol. The summed E-state index contributed by atoms with van der Waals surface area (Å²) in [5.74, 6) is 0. The van der Waals surface area contributed by atoms with E-state index in [1.807, 2.05) is 0 Å². The third-order valence-corrected chi connectivity index (χ3v) is 1.73. The summed E-state index contributed by atoms with van der Waals surface area (Å²) in [6, 6.07) is 0. The number of allylic oxidation sites excluding steroid dienone is 4. The standard InChI is InChI=1S/C8H12/c1-7-5-3-4-6-8(7)2/h3,5H,4,6H2,1-2H3. The van der Waals surface area contributed by atoms with Crippen molar-refractivity contribution in [3.05, 3.63) is 23.3 Å². The van der Waals surface area contributed by atoms with Crippen molar-refractivity contribution in [2.75, 3.05) is 0 Å². The number of hydrogen-bond donors (Lipinski definition) is 0. The Bertz CT molecular complexity index is 138. The molecule has 0 heterocycles. The van der Waals surface area contributed by atoms with Crippen LogP contribution in [0.15, 0.2) is 23.3 Å². The topological polar surface area (TPSA) is 0 Å². The van der Waals surface area contributed by atoms with Crippen molar-refractivity contribution in [1.29, 1.82) is 0 Å². The lowest BCUT2D eigenvalue weighted by Crippen LogP contribution is -1.85. The van der Waals surface area contributed by atoms with Crippen molar-refractivity contribution in [2.45, 2.75) is 26.7 Å². The van der Waals surface area contributed by atoms with E-state index in [4.69, 9.17) is 0 Å². The highest BCUT2D eigenvalue weighted by Crippen LogP contribution is 2.16. The van der Waals surface area contributed by atoms with Crippen LogP contribution in [0.2, 0.25) is 0 Å². The maximum atomic E-state index is 2.24. The highest BCUT2D eigenvalue weighted by atomic mass is 14.0. The first kappa shape index (κ1) is 5.61. The summed E-state index contributed by atoms with van der Waals surface area (Å²) in [5, 5.41) is 0. The van der Waals surface area contributed by atoms with Crippen LogP contribution in [0.1, 0.15) is 26.7 Å². The van der Waals surface area contributed by atoms with E-state index in [0.29, 0.717) is 0 Å². The van der Waals surface area contributed by atoms with Gasteiger partial charge in [-0.3, -0.25) is 0 Å². The molecule has 0 spiro atoms. The van der Waals surface area contributed by atoms with Gasteiger partial charge in [-0.2, -0.15) is 0 Å². The Kier molecular flexibility index (Phi) is 1.52. The Balaban J connectivity index is 2.76. The monoisotopic (exact) mass is 108 g/mol. The SMILES string of the molecule is CC1=C(C)CCC=C1. The molecule has 0 amide bonds. The summed E-state index contributed by atoms with van der Waals surface area (Å²) >= 11 is 0. The van der Waals surface area contributed by atoms with Crippen molar-refractivity contribution < 1.29 is 0 Å². The fraction of sp³-hybridized carbons (Fsp3) is 0.500. The first-order valence-corrected chi connectivity index (χ1v) is 3.13. The van der Waals surface area contributed by atoms with E-state index in [0.717, 1.165) is 0 Å². The van der Waals surface area contributed by atoms with E-state index in [9.17, 15) is 0 Å². The molecule has 0 unspecified atom stereocenters. The normalized spacial score (nSPS) is 19.8. The van der Waals surface area contributed by atoms with Crippen LogP contribution >= 0.6 is 0 Å². The van der Waals surface area contributed by atoms with E-state index in [1.54, 1.807) is 5.57 Å². The molecule has 0 aromatic carbocycles. The Labute approximate surface area is 50.9 Å². The molecule has 0 bridgehead atoms. The second-order valence-electron chi connectivity index (χ2n) is 2.40. The van der Waals surface area contributed by atoms with Crippen molar-refractivity contribution in [2.24, 2.45) is 0 Å². The van der Waals surface area contributed by atoms with Gasteiger partial charge in [0.2, 0.25) is 0 Å². The minimum Gasteiger partial charge on any atom is -0.0840 e. The molecule has 0 heteroatoms. The molecule has 0 nitrogen and oxygen atoms in total. The average Bonchev–Trinajstić information content (AvgIpc) is 1.77. The van der Waals surface area contributed by atoms with Crippen LogP contribution in [0.5, 0.6) is 0 Å². The molecule has 0 aromatic rings. The van der Waals surface area contributed by atoms with Crippen LogP contribution in [0.4, 0.5) is 0 Å². The predicted octanol–water partition coefficient (Wildman–Crippen LogP) is 2.67. The molecular weight excluding hydrogens is 96.1 g/mol. The molecular formula is C8H12. The molecule has 0 aliphatic heterocycles. The van der Waals surface area contributed by atoms with Gasteiger partial charge in [0.1, 0.15) is 0 Å². The van der Waals surface area contributed by atoms with E-state index < -0.39 is 0 Å². The van der Waals surface area contributed by atoms with Gasteiger partial charge in [0.25, 0.3) is 0 Å². The zero-order chi connectivity index (χ0) is 5.98. The van der Waals surface area contributed by atoms with Crippen molar-refractivity contribution in [1.82, 2.24) is 0 Å². The Morgan fingerprint density at radius 1 is 1.38 bits per heavy atom. The number of hydrogen-bond acceptors (Lipinski definition) is 0. The van der Waals surface area contributed by atoms with Gasteiger partial charge < -0.3 is 0 Å². The maximum Gasteiger partial charge on any atom is -0.0282 e. The van der Waals surface area contributed by atoms with Crippen molar-refractivity contribution in [3.8, 4) is 0 Å². The summed E-state index contributed by atoms with van der Waals surface area (Å²) in [4.78, 5) is 0. The molecule has 0 saturated carbocycles. The summed E-state index contributed by atoms with van der Waals surface area (Å²) in [6.07, 6.45) is 6.95. The molecule has 0 aromatic heterocycles. The molecule has 0 N–H and O–H groups in total. The molecule has 0 fully saturated rings. The summed E-state index contributed by atoms with van der Waals surface area (Å²) < 4.78 is 0. The largest absolute Gasteiger partial charge is 0.0840 e. The number of rotatable bonds is 0. The molecule has 1 rings (SSSR count). The van der Waals surface area contributed by atoms with Crippen LogP contribution in [0.3, 0.4) is 0 Å². The first-order chi connectivity index (χ1) is 3.80. The quantitative estimate of drug-likeness (QED) is 0.447. The molecule has 0 atom stereocenters. The van der Waals surface area contributed by atoms with Gasteiger partial charge in [-0.05, 0) is 26.7 Å². The summed E-state index contributed by atoms with van der Waals surface area (Å²) in [7, 11) is 0. The van der Waals surface area contributed by atoms with Gasteiger partial charge >= 0.3 is 0 Å². The fourth-order valence-corrected chi connectivity index (χ4v) is 0.899. The fourth-order valence-electron chi connectivity index (χ4n) is 0.899. The molecule has 44 valence electrons. The molecule has 0 radical (unpaired) electrons. The van der Waals surface area contributed by atoms with Gasteiger partial charge in [-0.25, -0.2) is 0 Å². The zero-order valence-electron chi connectivity index (χ0n) is 5.57. The molecule has 8 heavy (non-hydrogen) atoms. The van der Waals surface area contributed by atoms with Gasteiger partial charge in [0.05, 0.1) is 0 Å². The third kappa shape index (κ3) is 1.00. The second-order valence-corrected chi connectivity index (χ2v) is 2.40. The lowest BCUT2D eigenvalue weighted by molar-refractivity contribution is 0.939. The van der Waals surface area contributed by atoms with Crippen LogP contribution < -0.4 is 0 Å². The molecule has 1 aliphatic rings. The highest BCUT2D eigenvalue weighted by molar-refractivity contribution is 5.25. The Morgan fingerprint density at radius 3 is 2.50 bits per heavy atom. The second kappa shape index (κ2) is 2.17. The van der Waals surface area contributed by atoms with Gasteiger partial charge in [-0.15, -0.1) is 0 Å². The minimum atomic E-state index is 1.24. The van der Waals surface area contributed by atoms with Crippen LogP contribution in [-0.4, -0.2) is 0 Å². The van der Waals surface area contributed by atoms with E-state index >= 15 is 0 Å². The average molecular weight is 108 g/mol. The van der Waals surface area contributed by atoms with Crippen LogP contribution in [-0.2, 0) is 0 Å². The lowest BCUT2D eigenvalue weighted by atomic mass is 10.0. The van der Waals surface area contributed by atoms with Crippen LogP contribution in [0.25, 0.3) is 0 Å². The smallest absolute Gasteiger partial charge is 0.0282 e. The van der Waals surface area contributed by atoms with E-state index in [-0.39, 0.29) is 0 Å². The summed E-state index contributed by atoms with van der Waals surface area (Å²) in [6.45, 7) is 4.38. The molecule has 1 aliphatic carbocycles. The Hall–Kier alpha value is -0.520. The maximum absolute atomic E-state index is 2.24. The van der Waals surface area contributed by atoms with Crippen LogP contribution in [0, 0.1) is 0 Å². The Morgan fingerprint density at radius 2 is 2.12 bits per heavy atom. The van der Waals surface area contributed by atoms with Gasteiger partial charge in [0, 0.05) is 0 Å². The molecule has 0 saturated heterocycles. The van der Waals surface area contributed by atoms with Gasteiger partial charge in [-0.1, -0.05) is 23.3 Å². The van der Waals surface area contributed by atoms with Crippen molar-refractivity contribution in [3.63, 3.8) is 0 Å². The minimum absolute atomic E-state index is 1.24. The van der Waals surface area contributed by atoms with Crippen molar-refractivity contribution >= 4 is 0 Å². The third-order valence-electron chi connectivity index (χ3n) is 1.73. The lowest BCUT2D eigenvalue weighted by Gasteiger charge is -2.06.